The summed E-state index contributed by atoms with van der Waals surface area (Å²) >= 11 is 0. The summed E-state index contributed by atoms with van der Waals surface area (Å²) in [5.41, 5.74) is 2.36. The Hall–Kier alpha value is -3.15. The third kappa shape index (κ3) is 5.44. The Bertz CT molecular complexity index is 785. The van der Waals surface area contributed by atoms with Crippen LogP contribution in [-0.2, 0) is 20.7 Å². The summed E-state index contributed by atoms with van der Waals surface area (Å²) in [5.74, 6) is -1.46. The first kappa shape index (κ1) is 19.2. The SMILES string of the molecule is CCOC(=O)c1ccccc1NC(=O)CC(=O)Nc1ccc(CC)cc1. The second kappa shape index (κ2) is 9.36. The molecule has 0 atom stereocenters. The molecule has 0 unspecified atom stereocenters. The third-order valence-corrected chi connectivity index (χ3v) is 3.66. The van der Waals surface area contributed by atoms with E-state index in [1.807, 2.05) is 19.1 Å². The number of hydrogen-bond donors (Lipinski definition) is 2. The van der Waals surface area contributed by atoms with Crippen LogP contribution in [0, 0.1) is 0 Å². The molecule has 0 bridgehead atoms. The van der Waals surface area contributed by atoms with Crippen LogP contribution in [-0.4, -0.2) is 24.4 Å². The minimum Gasteiger partial charge on any atom is -0.462 e. The fourth-order valence-electron chi connectivity index (χ4n) is 2.35. The maximum atomic E-state index is 12.1. The molecule has 0 aromatic heterocycles. The molecule has 2 amide bonds. The van der Waals surface area contributed by atoms with E-state index in [4.69, 9.17) is 4.74 Å². The number of esters is 1. The summed E-state index contributed by atoms with van der Waals surface area (Å²) in [6, 6.07) is 13.9. The van der Waals surface area contributed by atoms with Crippen molar-refractivity contribution in [2.24, 2.45) is 0 Å². The summed E-state index contributed by atoms with van der Waals surface area (Å²) in [6.07, 6.45) is 0.559. The van der Waals surface area contributed by atoms with Gasteiger partial charge in [0, 0.05) is 5.69 Å². The number of anilines is 2. The Balaban J connectivity index is 1.95. The number of hydrogen-bond acceptors (Lipinski definition) is 4. The van der Waals surface area contributed by atoms with Gasteiger partial charge in [-0.1, -0.05) is 31.2 Å². The number of rotatable bonds is 7. The lowest BCUT2D eigenvalue weighted by Gasteiger charge is -2.10. The van der Waals surface area contributed by atoms with Crippen molar-refractivity contribution < 1.29 is 19.1 Å². The molecule has 2 N–H and O–H groups in total. The van der Waals surface area contributed by atoms with Crippen molar-refractivity contribution in [1.29, 1.82) is 0 Å². The van der Waals surface area contributed by atoms with Crippen molar-refractivity contribution >= 4 is 29.2 Å². The minimum atomic E-state index is -0.524. The van der Waals surface area contributed by atoms with E-state index >= 15 is 0 Å². The monoisotopic (exact) mass is 354 g/mol. The summed E-state index contributed by atoms with van der Waals surface area (Å²) in [5, 5.41) is 5.26. The van der Waals surface area contributed by atoms with E-state index in [-0.39, 0.29) is 18.6 Å². The molecule has 2 aromatic rings. The number of nitrogens with one attached hydrogen (secondary N) is 2. The molecule has 0 saturated carbocycles. The van der Waals surface area contributed by atoms with Gasteiger partial charge in [0.15, 0.2) is 0 Å². The van der Waals surface area contributed by atoms with E-state index in [1.165, 1.54) is 0 Å². The molecular weight excluding hydrogens is 332 g/mol. The van der Waals surface area contributed by atoms with E-state index in [9.17, 15) is 14.4 Å². The average molecular weight is 354 g/mol. The van der Waals surface area contributed by atoms with Crippen molar-refractivity contribution in [3.63, 3.8) is 0 Å². The van der Waals surface area contributed by atoms with Gasteiger partial charge >= 0.3 is 5.97 Å². The number of para-hydroxylation sites is 1. The Morgan fingerprint density at radius 2 is 1.54 bits per heavy atom. The number of carbonyl (C=O) groups is 3. The maximum Gasteiger partial charge on any atom is 0.340 e. The molecule has 0 saturated heterocycles. The molecule has 0 aliphatic rings. The number of benzene rings is 2. The molecule has 0 heterocycles. The average Bonchev–Trinajstić information content (AvgIpc) is 2.62. The number of carbonyl (C=O) groups excluding carboxylic acids is 3. The summed E-state index contributed by atoms with van der Waals surface area (Å²) in [6.45, 7) is 3.99. The molecule has 2 aromatic carbocycles. The fraction of sp³-hybridized carbons (Fsp3) is 0.250. The lowest BCUT2D eigenvalue weighted by molar-refractivity contribution is -0.123. The van der Waals surface area contributed by atoms with Crippen molar-refractivity contribution in [2.75, 3.05) is 17.2 Å². The second-order valence-corrected chi connectivity index (χ2v) is 5.59. The molecule has 0 aliphatic heterocycles. The van der Waals surface area contributed by atoms with Crippen LogP contribution in [0.3, 0.4) is 0 Å². The van der Waals surface area contributed by atoms with E-state index in [0.717, 1.165) is 12.0 Å². The first-order chi connectivity index (χ1) is 12.5. The van der Waals surface area contributed by atoms with Crippen LogP contribution in [0.25, 0.3) is 0 Å². The molecule has 0 fully saturated rings. The van der Waals surface area contributed by atoms with E-state index < -0.39 is 17.8 Å². The minimum absolute atomic E-state index is 0.236. The predicted octanol–water partition coefficient (Wildman–Crippen LogP) is 3.39. The van der Waals surface area contributed by atoms with Crippen LogP contribution >= 0.6 is 0 Å². The quantitative estimate of drug-likeness (QED) is 0.590. The zero-order valence-corrected chi connectivity index (χ0v) is 14.9. The largest absolute Gasteiger partial charge is 0.462 e. The molecule has 0 aliphatic carbocycles. The second-order valence-electron chi connectivity index (χ2n) is 5.59. The molecule has 0 radical (unpaired) electrons. The topological polar surface area (TPSA) is 84.5 Å². The highest BCUT2D eigenvalue weighted by Crippen LogP contribution is 2.17. The Morgan fingerprint density at radius 1 is 0.885 bits per heavy atom. The van der Waals surface area contributed by atoms with Gasteiger partial charge in [-0.15, -0.1) is 0 Å². The standard InChI is InChI=1S/C20H22N2O4/c1-3-14-9-11-15(12-10-14)21-18(23)13-19(24)22-17-8-6-5-7-16(17)20(25)26-4-2/h5-12H,3-4,13H2,1-2H3,(H,21,23)(H,22,24). The van der Waals surface area contributed by atoms with Crippen molar-refractivity contribution in [3.05, 3.63) is 59.7 Å². The van der Waals surface area contributed by atoms with E-state index in [1.54, 1.807) is 43.3 Å². The smallest absolute Gasteiger partial charge is 0.340 e. The van der Waals surface area contributed by atoms with Crippen LogP contribution in [0.15, 0.2) is 48.5 Å². The van der Waals surface area contributed by atoms with Crippen molar-refractivity contribution in [2.45, 2.75) is 26.7 Å². The first-order valence-corrected chi connectivity index (χ1v) is 8.48. The van der Waals surface area contributed by atoms with Gasteiger partial charge in [0.25, 0.3) is 0 Å². The first-order valence-electron chi connectivity index (χ1n) is 8.48. The highest BCUT2D eigenvalue weighted by atomic mass is 16.5. The van der Waals surface area contributed by atoms with Gasteiger partial charge in [0.2, 0.25) is 11.8 Å². The fourth-order valence-corrected chi connectivity index (χ4v) is 2.35. The van der Waals surface area contributed by atoms with Crippen molar-refractivity contribution in [1.82, 2.24) is 0 Å². The Kier molecular flexibility index (Phi) is 6.91. The number of amides is 2. The van der Waals surface area contributed by atoms with Crippen LogP contribution in [0.4, 0.5) is 11.4 Å². The van der Waals surface area contributed by atoms with E-state index in [0.29, 0.717) is 11.4 Å². The highest BCUT2D eigenvalue weighted by Gasteiger charge is 2.15. The summed E-state index contributed by atoms with van der Waals surface area (Å²) in [7, 11) is 0. The molecule has 2 rings (SSSR count). The Morgan fingerprint density at radius 3 is 2.19 bits per heavy atom. The van der Waals surface area contributed by atoms with Crippen LogP contribution < -0.4 is 10.6 Å². The Labute approximate surface area is 152 Å². The van der Waals surface area contributed by atoms with Crippen LogP contribution in [0.5, 0.6) is 0 Å². The molecule has 6 nitrogen and oxygen atoms in total. The molecular formula is C20H22N2O4. The zero-order valence-electron chi connectivity index (χ0n) is 14.9. The van der Waals surface area contributed by atoms with Crippen LogP contribution in [0.1, 0.15) is 36.2 Å². The summed E-state index contributed by atoms with van der Waals surface area (Å²) < 4.78 is 4.96. The summed E-state index contributed by atoms with van der Waals surface area (Å²) in [4.78, 5) is 36.1. The maximum absolute atomic E-state index is 12.1. The van der Waals surface area contributed by atoms with Gasteiger partial charge in [-0.3, -0.25) is 9.59 Å². The number of aryl methyl sites for hydroxylation is 1. The molecule has 136 valence electrons. The molecule has 0 spiro atoms. The predicted molar refractivity (Wildman–Crippen MR) is 100 cm³/mol. The lowest BCUT2D eigenvalue weighted by atomic mass is 10.1. The third-order valence-electron chi connectivity index (χ3n) is 3.66. The highest BCUT2D eigenvalue weighted by molar-refractivity contribution is 6.09. The van der Waals surface area contributed by atoms with Crippen molar-refractivity contribution in [3.8, 4) is 0 Å². The van der Waals surface area contributed by atoms with Gasteiger partial charge in [0.1, 0.15) is 6.42 Å². The molecule has 26 heavy (non-hydrogen) atoms. The number of ether oxygens (including phenoxy) is 1. The van der Waals surface area contributed by atoms with E-state index in [2.05, 4.69) is 10.6 Å². The lowest BCUT2D eigenvalue weighted by Crippen LogP contribution is -2.22. The normalized spacial score (nSPS) is 10.1. The van der Waals surface area contributed by atoms with Gasteiger partial charge in [-0.05, 0) is 43.2 Å². The van der Waals surface area contributed by atoms with Crippen LogP contribution in [0.2, 0.25) is 0 Å². The zero-order chi connectivity index (χ0) is 18.9. The van der Waals surface area contributed by atoms with Gasteiger partial charge in [0.05, 0.1) is 17.9 Å². The molecule has 6 heteroatoms. The van der Waals surface area contributed by atoms with Gasteiger partial charge in [-0.2, -0.15) is 0 Å². The van der Waals surface area contributed by atoms with Gasteiger partial charge < -0.3 is 15.4 Å². The van der Waals surface area contributed by atoms with Gasteiger partial charge in [-0.25, -0.2) is 4.79 Å².